The number of benzene rings is 1. The zero-order chi connectivity index (χ0) is 17.3. The van der Waals surface area contributed by atoms with Gasteiger partial charge in [-0.3, -0.25) is 4.79 Å². The van der Waals surface area contributed by atoms with E-state index in [9.17, 15) is 13.2 Å². The molecule has 0 bridgehead atoms. The molecule has 128 valence electrons. The minimum atomic E-state index is -3.46. The first-order chi connectivity index (χ1) is 10.6. The van der Waals surface area contributed by atoms with Crippen LogP contribution in [0.2, 0.25) is 0 Å². The molecule has 0 N–H and O–H groups in total. The van der Waals surface area contributed by atoms with Crippen molar-refractivity contribution in [3.63, 3.8) is 0 Å². The Kier molecular flexibility index (Phi) is 5.53. The van der Waals surface area contributed by atoms with Gasteiger partial charge in [0.15, 0.2) is 0 Å². The van der Waals surface area contributed by atoms with Crippen molar-refractivity contribution in [2.24, 2.45) is 5.92 Å². The molecule has 0 amide bonds. The Morgan fingerprint density at radius 2 is 1.91 bits per heavy atom. The lowest BCUT2D eigenvalue weighted by Crippen LogP contribution is -2.49. The normalized spacial score (nSPS) is 16.9. The van der Waals surface area contributed by atoms with Crippen LogP contribution >= 0.6 is 15.9 Å². The summed E-state index contributed by atoms with van der Waals surface area (Å²) in [5.41, 5.74) is -0.480. The van der Waals surface area contributed by atoms with Crippen LogP contribution in [0.4, 0.5) is 0 Å². The highest BCUT2D eigenvalue weighted by molar-refractivity contribution is 9.10. The average molecular weight is 404 g/mol. The van der Waals surface area contributed by atoms with E-state index in [1.54, 1.807) is 24.3 Å². The smallest absolute Gasteiger partial charge is 0.306 e. The second-order valence-corrected chi connectivity index (χ2v) is 9.50. The largest absolute Gasteiger partial charge is 0.460 e. The number of sulfonamides is 1. The van der Waals surface area contributed by atoms with Crippen LogP contribution in [-0.4, -0.2) is 37.4 Å². The van der Waals surface area contributed by atoms with E-state index in [2.05, 4.69) is 15.9 Å². The van der Waals surface area contributed by atoms with Gasteiger partial charge in [-0.1, -0.05) is 12.1 Å². The first-order valence-corrected chi connectivity index (χ1v) is 9.79. The van der Waals surface area contributed by atoms with Gasteiger partial charge in [-0.25, -0.2) is 8.42 Å². The first kappa shape index (κ1) is 18.4. The molecule has 0 aromatic heterocycles. The molecule has 23 heavy (non-hydrogen) atoms. The number of carbonyl (C=O) groups is 1. The second-order valence-electron chi connectivity index (χ2n) is 6.74. The molecule has 1 aromatic carbocycles. The maximum atomic E-state index is 12.5. The van der Waals surface area contributed by atoms with Gasteiger partial charge in [0.1, 0.15) is 5.60 Å². The summed E-state index contributed by atoms with van der Waals surface area (Å²) in [6.07, 6.45) is 0.974. The van der Waals surface area contributed by atoms with Gasteiger partial charge in [-0.15, -0.1) is 0 Å². The zero-order valence-electron chi connectivity index (χ0n) is 13.6. The summed E-state index contributed by atoms with van der Waals surface area (Å²) in [5, 5.41) is 0. The lowest BCUT2D eigenvalue weighted by atomic mass is 9.97. The summed E-state index contributed by atoms with van der Waals surface area (Å²) in [6, 6.07) is 6.79. The van der Waals surface area contributed by atoms with Crippen molar-refractivity contribution in [3.05, 3.63) is 28.7 Å². The molecule has 1 saturated heterocycles. The molecule has 0 unspecified atom stereocenters. The van der Waals surface area contributed by atoms with E-state index < -0.39 is 15.6 Å². The van der Waals surface area contributed by atoms with Crippen LogP contribution in [0.25, 0.3) is 0 Å². The summed E-state index contributed by atoms with van der Waals surface area (Å²) in [4.78, 5) is 12.0. The number of ether oxygens (including phenoxy) is 1. The van der Waals surface area contributed by atoms with Gasteiger partial charge in [0.2, 0.25) is 10.0 Å². The minimum Gasteiger partial charge on any atom is -0.460 e. The van der Waals surface area contributed by atoms with Crippen LogP contribution < -0.4 is 0 Å². The number of esters is 1. The lowest BCUT2D eigenvalue weighted by molar-refractivity contribution is -0.155. The number of carbonyl (C=O) groups excluding carboxylic acids is 1. The number of nitrogens with zero attached hydrogens (tertiary/aromatic N) is 1. The zero-order valence-corrected chi connectivity index (χ0v) is 16.0. The highest BCUT2D eigenvalue weighted by atomic mass is 79.9. The van der Waals surface area contributed by atoms with Crippen molar-refractivity contribution >= 4 is 31.9 Å². The van der Waals surface area contributed by atoms with E-state index in [0.717, 1.165) is 0 Å². The summed E-state index contributed by atoms with van der Waals surface area (Å²) in [6.45, 7) is 6.40. The van der Waals surface area contributed by atoms with Gasteiger partial charge in [0, 0.05) is 24.0 Å². The molecule has 2 rings (SSSR count). The van der Waals surface area contributed by atoms with E-state index in [-0.39, 0.29) is 16.8 Å². The van der Waals surface area contributed by atoms with Crippen LogP contribution in [-0.2, 0) is 19.6 Å². The molecule has 0 spiro atoms. The van der Waals surface area contributed by atoms with Crippen molar-refractivity contribution in [2.45, 2.75) is 44.1 Å². The van der Waals surface area contributed by atoms with E-state index >= 15 is 0 Å². The van der Waals surface area contributed by atoms with Crippen LogP contribution in [0.15, 0.2) is 33.6 Å². The summed E-state index contributed by atoms with van der Waals surface area (Å²) in [7, 11) is -3.46. The fourth-order valence-corrected chi connectivity index (χ4v) is 4.96. The first-order valence-electron chi connectivity index (χ1n) is 7.56. The van der Waals surface area contributed by atoms with E-state index in [4.69, 9.17) is 4.74 Å². The van der Waals surface area contributed by atoms with Crippen molar-refractivity contribution in [3.8, 4) is 0 Å². The number of halogens is 1. The molecule has 1 aliphatic rings. The van der Waals surface area contributed by atoms with Gasteiger partial charge < -0.3 is 4.74 Å². The van der Waals surface area contributed by atoms with Crippen LogP contribution in [0.1, 0.15) is 33.6 Å². The van der Waals surface area contributed by atoms with Crippen molar-refractivity contribution in [1.82, 2.24) is 4.31 Å². The monoisotopic (exact) mass is 403 g/mol. The van der Waals surface area contributed by atoms with Crippen LogP contribution in [0, 0.1) is 5.92 Å². The van der Waals surface area contributed by atoms with Gasteiger partial charge in [-0.2, -0.15) is 4.31 Å². The number of hydrogen-bond donors (Lipinski definition) is 0. The highest BCUT2D eigenvalue weighted by Gasteiger charge is 2.37. The molecule has 0 atom stereocenters. The van der Waals surface area contributed by atoms with Crippen molar-refractivity contribution in [1.29, 1.82) is 0 Å². The standard InChI is InChI=1S/C16H22BrNO4S/c1-16(2,3)22-15(19)9-8-12-10-18(11-12)23(20,21)14-7-5-4-6-13(14)17/h4-7,12H,8-11H2,1-3H3. The molecule has 0 aliphatic carbocycles. The quantitative estimate of drug-likeness (QED) is 0.708. The third kappa shape index (κ3) is 4.78. The Balaban J connectivity index is 1.85. The predicted octanol–water partition coefficient (Wildman–Crippen LogP) is 3.19. The van der Waals surface area contributed by atoms with Crippen molar-refractivity contribution < 1.29 is 17.9 Å². The molecule has 0 radical (unpaired) electrons. The minimum absolute atomic E-state index is 0.208. The Hall–Kier alpha value is -0.920. The third-order valence-corrected chi connectivity index (χ3v) is 6.40. The van der Waals surface area contributed by atoms with Crippen LogP contribution in [0.3, 0.4) is 0 Å². The predicted molar refractivity (Wildman–Crippen MR) is 91.5 cm³/mol. The van der Waals surface area contributed by atoms with Crippen molar-refractivity contribution in [2.75, 3.05) is 13.1 Å². The molecule has 5 nitrogen and oxygen atoms in total. The van der Waals surface area contributed by atoms with Gasteiger partial charge in [0.25, 0.3) is 0 Å². The fourth-order valence-electron chi connectivity index (χ4n) is 2.41. The molecule has 1 aromatic rings. The van der Waals surface area contributed by atoms with E-state index in [0.29, 0.717) is 30.4 Å². The Morgan fingerprint density at radius 3 is 2.48 bits per heavy atom. The van der Waals surface area contributed by atoms with E-state index in [1.165, 1.54) is 4.31 Å². The molecular weight excluding hydrogens is 382 g/mol. The number of rotatable bonds is 5. The van der Waals surface area contributed by atoms with E-state index in [1.807, 2.05) is 20.8 Å². The van der Waals surface area contributed by atoms with Gasteiger partial charge in [-0.05, 0) is 61.2 Å². The maximum Gasteiger partial charge on any atom is 0.306 e. The Bertz CT molecular complexity index is 676. The van der Waals surface area contributed by atoms with Gasteiger partial charge in [0.05, 0.1) is 4.90 Å². The molecule has 1 aliphatic heterocycles. The van der Waals surface area contributed by atoms with Gasteiger partial charge >= 0.3 is 5.97 Å². The maximum absolute atomic E-state index is 12.5. The summed E-state index contributed by atoms with van der Waals surface area (Å²) >= 11 is 3.28. The summed E-state index contributed by atoms with van der Waals surface area (Å²) < 4.78 is 32.3. The summed E-state index contributed by atoms with van der Waals surface area (Å²) in [5.74, 6) is -0.0237. The van der Waals surface area contributed by atoms with Crippen LogP contribution in [0.5, 0.6) is 0 Å². The highest BCUT2D eigenvalue weighted by Crippen LogP contribution is 2.31. The molecule has 0 saturated carbocycles. The molecule has 1 heterocycles. The second kappa shape index (κ2) is 6.91. The number of hydrogen-bond acceptors (Lipinski definition) is 4. The fraction of sp³-hybridized carbons (Fsp3) is 0.562. The Morgan fingerprint density at radius 1 is 1.30 bits per heavy atom. The topological polar surface area (TPSA) is 63.7 Å². The average Bonchev–Trinajstić information content (AvgIpc) is 2.34. The molecule has 1 fully saturated rings. The SMILES string of the molecule is CC(C)(C)OC(=O)CCC1CN(S(=O)(=O)c2ccccc2Br)C1. The lowest BCUT2D eigenvalue weighted by Gasteiger charge is -2.38. The molecule has 7 heteroatoms. The third-order valence-electron chi connectivity index (χ3n) is 3.55. The Labute approximate surface area is 146 Å². The molecular formula is C16H22BrNO4S.